The fourth-order valence-electron chi connectivity index (χ4n) is 2.24. The molecule has 0 fully saturated rings. The summed E-state index contributed by atoms with van der Waals surface area (Å²) in [6.07, 6.45) is 0.581. The topological polar surface area (TPSA) is 38.5 Å². The molecular weight excluding hydrogens is 267 g/mol. The molecule has 0 aliphatic rings. The zero-order valence-corrected chi connectivity index (χ0v) is 12.6. The lowest BCUT2D eigenvalue weighted by Crippen LogP contribution is -2.15. The molecule has 0 bridgehead atoms. The van der Waals surface area contributed by atoms with Crippen molar-refractivity contribution in [1.29, 1.82) is 0 Å². The SMILES string of the molecule is COc1ccc(CC(N)c2cccc(N(C)C)c2)cc1F. The van der Waals surface area contributed by atoms with E-state index < -0.39 is 0 Å². The van der Waals surface area contributed by atoms with Gasteiger partial charge in [0.1, 0.15) is 0 Å². The summed E-state index contributed by atoms with van der Waals surface area (Å²) in [7, 11) is 5.43. The molecule has 0 heterocycles. The number of hydrogen-bond acceptors (Lipinski definition) is 3. The molecule has 0 aliphatic carbocycles. The molecule has 0 saturated heterocycles. The van der Waals surface area contributed by atoms with Crippen LogP contribution in [-0.4, -0.2) is 21.2 Å². The zero-order valence-electron chi connectivity index (χ0n) is 12.6. The van der Waals surface area contributed by atoms with Gasteiger partial charge in [-0.2, -0.15) is 0 Å². The maximum Gasteiger partial charge on any atom is 0.165 e. The standard InChI is InChI=1S/C17H21FN2O/c1-20(2)14-6-4-5-13(11-14)16(19)10-12-7-8-17(21-3)15(18)9-12/h4-9,11,16H,10,19H2,1-3H3. The van der Waals surface area contributed by atoms with E-state index in [-0.39, 0.29) is 17.6 Å². The monoisotopic (exact) mass is 288 g/mol. The van der Waals surface area contributed by atoms with E-state index in [1.54, 1.807) is 6.07 Å². The maximum atomic E-state index is 13.7. The third-order valence-electron chi connectivity index (χ3n) is 3.49. The molecule has 112 valence electrons. The predicted octanol–water partition coefficient (Wildman–Crippen LogP) is 3.14. The summed E-state index contributed by atoms with van der Waals surface area (Å²) in [5.74, 6) is -0.105. The lowest BCUT2D eigenvalue weighted by Gasteiger charge is -2.17. The summed E-state index contributed by atoms with van der Waals surface area (Å²) >= 11 is 0. The van der Waals surface area contributed by atoms with Crippen LogP contribution in [0, 0.1) is 5.82 Å². The molecule has 2 rings (SSSR count). The third-order valence-corrected chi connectivity index (χ3v) is 3.49. The van der Waals surface area contributed by atoms with Gasteiger partial charge in [-0.1, -0.05) is 18.2 Å². The Kier molecular flexibility index (Phi) is 4.81. The summed E-state index contributed by atoms with van der Waals surface area (Å²) in [4.78, 5) is 2.03. The van der Waals surface area contributed by atoms with Crippen LogP contribution in [0.1, 0.15) is 17.2 Å². The van der Waals surface area contributed by atoms with E-state index in [0.717, 1.165) is 16.8 Å². The molecule has 0 spiro atoms. The Labute approximate surface area is 125 Å². The van der Waals surface area contributed by atoms with E-state index in [9.17, 15) is 4.39 Å². The number of nitrogens with zero attached hydrogens (tertiary/aromatic N) is 1. The van der Waals surface area contributed by atoms with Gasteiger partial charge in [-0.3, -0.25) is 0 Å². The van der Waals surface area contributed by atoms with E-state index in [1.807, 2.05) is 43.3 Å². The van der Waals surface area contributed by atoms with E-state index in [1.165, 1.54) is 13.2 Å². The molecule has 0 radical (unpaired) electrons. The maximum absolute atomic E-state index is 13.7. The molecule has 0 amide bonds. The van der Waals surface area contributed by atoms with Crippen molar-refractivity contribution in [3.63, 3.8) is 0 Å². The average Bonchev–Trinajstić information content (AvgIpc) is 2.47. The van der Waals surface area contributed by atoms with Crippen molar-refractivity contribution >= 4 is 5.69 Å². The molecule has 1 atom stereocenters. The quantitative estimate of drug-likeness (QED) is 0.918. The molecule has 2 N–H and O–H groups in total. The third kappa shape index (κ3) is 3.73. The second-order valence-corrected chi connectivity index (χ2v) is 5.27. The Hall–Kier alpha value is -2.07. The fraction of sp³-hybridized carbons (Fsp3) is 0.294. The minimum absolute atomic E-state index is 0.169. The van der Waals surface area contributed by atoms with Gasteiger partial charge in [-0.05, 0) is 41.8 Å². The number of rotatable bonds is 5. The number of nitrogens with two attached hydrogens (primary N) is 1. The van der Waals surface area contributed by atoms with Crippen molar-refractivity contribution < 1.29 is 9.13 Å². The Morgan fingerprint density at radius 1 is 1.19 bits per heavy atom. The number of methoxy groups -OCH3 is 1. The number of ether oxygens (including phenoxy) is 1. The minimum atomic E-state index is -0.357. The van der Waals surface area contributed by atoms with Crippen LogP contribution >= 0.6 is 0 Å². The summed E-state index contributed by atoms with van der Waals surface area (Å²) in [5, 5.41) is 0. The Balaban J connectivity index is 2.15. The number of halogens is 1. The number of benzene rings is 2. The van der Waals surface area contributed by atoms with Crippen molar-refractivity contribution in [3.05, 3.63) is 59.4 Å². The predicted molar refractivity (Wildman–Crippen MR) is 84.4 cm³/mol. The zero-order chi connectivity index (χ0) is 15.4. The van der Waals surface area contributed by atoms with E-state index in [4.69, 9.17) is 10.5 Å². The number of anilines is 1. The van der Waals surface area contributed by atoms with Gasteiger partial charge in [0.25, 0.3) is 0 Å². The minimum Gasteiger partial charge on any atom is -0.494 e. The molecule has 1 unspecified atom stereocenters. The Morgan fingerprint density at radius 2 is 1.95 bits per heavy atom. The van der Waals surface area contributed by atoms with Crippen molar-refractivity contribution in [2.75, 3.05) is 26.1 Å². The van der Waals surface area contributed by atoms with Crippen LogP contribution in [0.3, 0.4) is 0 Å². The first kappa shape index (κ1) is 15.3. The lowest BCUT2D eigenvalue weighted by atomic mass is 9.99. The molecule has 2 aromatic carbocycles. The lowest BCUT2D eigenvalue weighted by molar-refractivity contribution is 0.386. The number of hydrogen-bond donors (Lipinski definition) is 1. The van der Waals surface area contributed by atoms with Gasteiger partial charge in [-0.15, -0.1) is 0 Å². The van der Waals surface area contributed by atoms with Crippen molar-refractivity contribution in [3.8, 4) is 5.75 Å². The van der Waals surface area contributed by atoms with Gasteiger partial charge >= 0.3 is 0 Å². The van der Waals surface area contributed by atoms with Gasteiger partial charge in [0.05, 0.1) is 7.11 Å². The molecular formula is C17H21FN2O. The summed E-state index contributed by atoms with van der Waals surface area (Å²) in [6, 6.07) is 12.9. The van der Waals surface area contributed by atoms with Crippen molar-refractivity contribution in [2.24, 2.45) is 5.73 Å². The normalized spacial score (nSPS) is 12.0. The molecule has 0 saturated carbocycles. The highest BCUT2D eigenvalue weighted by Crippen LogP contribution is 2.23. The second kappa shape index (κ2) is 6.59. The van der Waals surface area contributed by atoms with Crippen LogP contribution in [0.4, 0.5) is 10.1 Å². The Bertz CT molecular complexity index is 613. The van der Waals surface area contributed by atoms with Gasteiger partial charge in [0, 0.05) is 25.8 Å². The Morgan fingerprint density at radius 3 is 2.57 bits per heavy atom. The first-order valence-corrected chi connectivity index (χ1v) is 6.86. The van der Waals surface area contributed by atoms with Crippen LogP contribution in [0.2, 0.25) is 0 Å². The van der Waals surface area contributed by atoms with Crippen LogP contribution in [-0.2, 0) is 6.42 Å². The van der Waals surface area contributed by atoms with Gasteiger partial charge < -0.3 is 15.4 Å². The highest BCUT2D eigenvalue weighted by atomic mass is 19.1. The smallest absolute Gasteiger partial charge is 0.165 e. The molecule has 2 aromatic rings. The first-order valence-electron chi connectivity index (χ1n) is 6.86. The molecule has 0 aliphatic heterocycles. The molecule has 4 heteroatoms. The average molecular weight is 288 g/mol. The largest absolute Gasteiger partial charge is 0.494 e. The molecule has 3 nitrogen and oxygen atoms in total. The highest BCUT2D eigenvalue weighted by Gasteiger charge is 2.10. The van der Waals surface area contributed by atoms with E-state index in [2.05, 4.69) is 6.07 Å². The van der Waals surface area contributed by atoms with Crippen LogP contribution < -0.4 is 15.4 Å². The van der Waals surface area contributed by atoms with Crippen LogP contribution in [0.15, 0.2) is 42.5 Å². The first-order chi connectivity index (χ1) is 10.0. The second-order valence-electron chi connectivity index (χ2n) is 5.27. The van der Waals surface area contributed by atoms with Crippen molar-refractivity contribution in [2.45, 2.75) is 12.5 Å². The molecule has 0 aromatic heterocycles. The van der Waals surface area contributed by atoms with Gasteiger partial charge in [0.15, 0.2) is 11.6 Å². The molecule has 21 heavy (non-hydrogen) atoms. The fourth-order valence-corrected chi connectivity index (χ4v) is 2.24. The van der Waals surface area contributed by atoms with Gasteiger partial charge in [-0.25, -0.2) is 4.39 Å². The van der Waals surface area contributed by atoms with Crippen LogP contribution in [0.25, 0.3) is 0 Å². The van der Waals surface area contributed by atoms with Crippen molar-refractivity contribution in [1.82, 2.24) is 0 Å². The summed E-state index contributed by atoms with van der Waals surface area (Å²) < 4.78 is 18.6. The van der Waals surface area contributed by atoms with E-state index in [0.29, 0.717) is 6.42 Å². The van der Waals surface area contributed by atoms with E-state index >= 15 is 0 Å². The van der Waals surface area contributed by atoms with Gasteiger partial charge in [0.2, 0.25) is 0 Å². The summed E-state index contributed by atoms with van der Waals surface area (Å²) in [6.45, 7) is 0. The highest BCUT2D eigenvalue weighted by molar-refractivity contribution is 5.48. The van der Waals surface area contributed by atoms with Crippen LogP contribution in [0.5, 0.6) is 5.75 Å². The summed E-state index contributed by atoms with van der Waals surface area (Å²) in [5.41, 5.74) is 9.24.